The molecule has 5 heteroatoms. The third-order valence-corrected chi connectivity index (χ3v) is 2.30. The lowest BCUT2D eigenvalue weighted by atomic mass is 10.2. The Labute approximate surface area is 101 Å². The minimum absolute atomic E-state index is 0.0155. The van der Waals surface area contributed by atoms with Gasteiger partial charge in [0.2, 0.25) is 0 Å². The van der Waals surface area contributed by atoms with Crippen molar-refractivity contribution < 1.29 is 9.84 Å². The standard InChI is InChI=1S/C11H9BrN2O2/c12-9-5-13-11(14-6-9)16-10-3-1-2-8(4-10)7-15/h1-6,15H,7H2. The smallest absolute Gasteiger partial charge is 0.321 e. The summed E-state index contributed by atoms with van der Waals surface area (Å²) in [6.45, 7) is -0.0155. The van der Waals surface area contributed by atoms with Gasteiger partial charge in [-0.25, -0.2) is 9.97 Å². The molecule has 0 aliphatic rings. The summed E-state index contributed by atoms with van der Waals surface area (Å²) in [7, 11) is 0. The van der Waals surface area contributed by atoms with E-state index in [1.807, 2.05) is 6.07 Å². The zero-order valence-corrected chi connectivity index (χ0v) is 9.89. The van der Waals surface area contributed by atoms with E-state index in [1.54, 1.807) is 30.6 Å². The molecule has 0 fully saturated rings. The van der Waals surface area contributed by atoms with E-state index in [0.717, 1.165) is 10.0 Å². The predicted molar refractivity (Wildman–Crippen MR) is 62.2 cm³/mol. The summed E-state index contributed by atoms with van der Waals surface area (Å²) in [6, 6.07) is 7.42. The highest BCUT2D eigenvalue weighted by Crippen LogP contribution is 2.19. The third kappa shape index (κ3) is 2.77. The maximum absolute atomic E-state index is 8.97. The largest absolute Gasteiger partial charge is 0.424 e. The van der Waals surface area contributed by atoms with Crippen LogP contribution in [0.15, 0.2) is 41.1 Å². The lowest BCUT2D eigenvalue weighted by molar-refractivity contribution is 0.281. The maximum atomic E-state index is 8.97. The third-order valence-electron chi connectivity index (χ3n) is 1.89. The fourth-order valence-electron chi connectivity index (χ4n) is 1.17. The van der Waals surface area contributed by atoms with E-state index in [0.29, 0.717) is 5.75 Å². The van der Waals surface area contributed by atoms with Gasteiger partial charge in [-0.3, -0.25) is 0 Å². The molecule has 1 aromatic carbocycles. The maximum Gasteiger partial charge on any atom is 0.321 e. The summed E-state index contributed by atoms with van der Waals surface area (Å²) < 4.78 is 6.22. The van der Waals surface area contributed by atoms with E-state index in [9.17, 15) is 0 Å². The normalized spacial score (nSPS) is 10.1. The van der Waals surface area contributed by atoms with Crippen LogP contribution in [0.4, 0.5) is 0 Å². The predicted octanol–water partition coefficient (Wildman–Crippen LogP) is 2.52. The molecule has 0 saturated heterocycles. The van der Waals surface area contributed by atoms with Crippen LogP contribution < -0.4 is 4.74 Å². The SMILES string of the molecule is OCc1cccc(Oc2ncc(Br)cn2)c1. The Morgan fingerprint density at radius 1 is 1.25 bits per heavy atom. The van der Waals surface area contributed by atoms with Crippen LogP contribution in [-0.4, -0.2) is 15.1 Å². The summed E-state index contributed by atoms with van der Waals surface area (Å²) >= 11 is 3.24. The van der Waals surface area contributed by atoms with E-state index < -0.39 is 0 Å². The molecular formula is C11H9BrN2O2. The van der Waals surface area contributed by atoms with E-state index in [4.69, 9.17) is 9.84 Å². The topological polar surface area (TPSA) is 55.2 Å². The zero-order valence-electron chi connectivity index (χ0n) is 8.30. The summed E-state index contributed by atoms with van der Waals surface area (Å²) in [5.41, 5.74) is 0.787. The fourth-order valence-corrected chi connectivity index (χ4v) is 1.37. The highest BCUT2D eigenvalue weighted by molar-refractivity contribution is 9.10. The second-order valence-corrected chi connectivity index (χ2v) is 4.01. The molecule has 4 nitrogen and oxygen atoms in total. The minimum Gasteiger partial charge on any atom is -0.424 e. The zero-order chi connectivity index (χ0) is 11.4. The van der Waals surface area contributed by atoms with Crippen molar-refractivity contribution in [3.8, 4) is 11.8 Å². The lowest BCUT2D eigenvalue weighted by Crippen LogP contribution is -1.92. The number of nitrogens with zero attached hydrogens (tertiary/aromatic N) is 2. The van der Waals surface area contributed by atoms with Gasteiger partial charge in [-0.1, -0.05) is 12.1 Å². The van der Waals surface area contributed by atoms with Crippen molar-refractivity contribution in [2.24, 2.45) is 0 Å². The van der Waals surface area contributed by atoms with Crippen molar-refractivity contribution in [1.82, 2.24) is 9.97 Å². The Morgan fingerprint density at radius 2 is 2.00 bits per heavy atom. The van der Waals surface area contributed by atoms with Crippen LogP contribution in [0.1, 0.15) is 5.56 Å². The number of aliphatic hydroxyl groups is 1. The van der Waals surface area contributed by atoms with Crippen molar-refractivity contribution in [3.63, 3.8) is 0 Å². The van der Waals surface area contributed by atoms with Crippen molar-refractivity contribution >= 4 is 15.9 Å². The second-order valence-electron chi connectivity index (χ2n) is 3.09. The van der Waals surface area contributed by atoms with Crippen LogP contribution >= 0.6 is 15.9 Å². The molecule has 1 N–H and O–H groups in total. The average molecular weight is 281 g/mol. The molecule has 0 radical (unpaired) electrons. The van der Waals surface area contributed by atoms with Crippen molar-refractivity contribution in [2.45, 2.75) is 6.61 Å². The van der Waals surface area contributed by atoms with Crippen LogP contribution in [0, 0.1) is 0 Å². The van der Waals surface area contributed by atoms with Gasteiger partial charge < -0.3 is 9.84 Å². The van der Waals surface area contributed by atoms with E-state index in [2.05, 4.69) is 25.9 Å². The molecule has 1 heterocycles. The van der Waals surface area contributed by atoms with E-state index in [1.165, 1.54) is 0 Å². The molecule has 2 aromatic rings. The number of ether oxygens (including phenoxy) is 1. The Balaban J connectivity index is 2.16. The van der Waals surface area contributed by atoms with Gasteiger partial charge in [-0.05, 0) is 33.6 Å². The first-order valence-corrected chi connectivity index (χ1v) is 5.42. The molecule has 0 amide bonds. The monoisotopic (exact) mass is 280 g/mol. The van der Waals surface area contributed by atoms with E-state index in [-0.39, 0.29) is 12.6 Å². The van der Waals surface area contributed by atoms with Gasteiger partial charge in [0.25, 0.3) is 0 Å². The number of hydrogen-bond donors (Lipinski definition) is 1. The molecule has 0 aliphatic heterocycles. The molecule has 0 saturated carbocycles. The molecule has 0 aliphatic carbocycles. The van der Waals surface area contributed by atoms with Crippen LogP contribution in [0.3, 0.4) is 0 Å². The molecule has 0 atom stereocenters. The Morgan fingerprint density at radius 3 is 2.69 bits per heavy atom. The number of aromatic nitrogens is 2. The van der Waals surface area contributed by atoms with Gasteiger partial charge in [0.05, 0.1) is 11.1 Å². The molecule has 82 valence electrons. The molecule has 0 unspecified atom stereocenters. The van der Waals surface area contributed by atoms with Crippen molar-refractivity contribution in [2.75, 3.05) is 0 Å². The van der Waals surface area contributed by atoms with Crippen LogP contribution in [0.2, 0.25) is 0 Å². The fraction of sp³-hybridized carbons (Fsp3) is 0.0909. The summed E-state index contributed by atoms with van der Waals surface area (Å²) in [6.07, 6.45) is 3.22. The van der Waals surface area contributed by atoms with Gasteiger partial charge in [-0.2, -0.15) is 0 Å². The Bertz CT molecular complexity index is 474. The highest BCUT2D eigenvalue weighted by atomic mass is 79.9. The van der Waals surface area contributed by atoms with Crippen molar-refractivity contribution in [3.05, 3.63) is 46.7 Å². The first kappa shape index (κ1) is 11.0. The number of rotatable bonds is 3. The first-order chi connectivity index (χ1) is 7.78. The Hall–Kier alpha value is -1.46. The number of benzene rings is 1. The van der Waals surface area contributed by atoms with Gasteiger partial charge in [-0.15, -0.1) is 0 Å². The number of aliphatic hydroxyl groups excluding tert-OH is 1. The first-order valence-electron chi connectivity index (χ1n) is 4.63. The summed E-state index contributed by atoms with van der Waals surface area (Å²) in [5, 5.41) is 8.97. The average Bonchev–Trinajstić information content (AvgIpc) is 2.32. The van der Waals surface area contributed by atoms with Gasteiger partial charge in [0.1, 0.15) is 5.75 Å². The molecule has 0 spiro atoms. The second kappa shape index (κ2) is 5.05. The van der Waals surface area contributed by atoms with E-state index >= 15 is 0 Å². The number of hydrogen-bond acceptors (Lipinski definition) is 4. The lowest BCUT2D eigenvalue weighted by Gasteiger charge is -2.04. The molecule has 2 rings (SSSR count). The molecule has 0 bridgehead atoms. The quantitative estimate of drug-likeness (QED) is 0.939. The van der Waals surface area contributed by atoms with Crippen LogP contribution in [-0.2, 0) is 6.61 Å². The van der Waals surface area contributed by atoms with Gasteiger partial charge >= 0.3 is 6.01 Å². The highest BCUT2D eigenvalue weighted by Gasteiger charge is 2.00. The Kier molecular flexibility index (Phi) is 3.48. The summed E-state index contributed by atoms with van der Waals surface area (Å²) in [5.74, 6) is 0.605. The van der Waals surface area contributed by atoms with Crippen LogP contribution in [0.5, 0.6) is 11.8 Å². The number of halogens is 1. The van der Waals surface area contributed by atoms with Gasteiger partial charge in [0.15, 0.2) is 0 Å². The van der Waals surface area contributed by atoms with Gasteiger partial charge in [0, 0.05) is 12.4 Å². The molecule has 16 heavy (non-hydrogen) atoms. The molecular weight excluding hydrogens is 272 g/mol. The minimum atomic E-state index is -0.0155. The van der Waals surface area contributed by atoms with Crippen molar-refractivity contribution in [1.29, 1.82) is 0 Å². The summed E-state index contributed by atoms with van der Waals surface area (Å²) in [4.78, 5) is 7.97. The molecule has 1 aromatic heterocycles. The van der Waals surface area contributed by atoms with Crippen LogP contribution in [0.25, 0.3) is 0 Å².